The van der Waals surface area contributed by atoms with E-state index in [0.29, 0.717) is 11.1 Å². The Balaban J connectivity index is 2.01. The number of phenolic OH excluding ortho intramolecular Hbond substituents is 1. The van der Waals surface area contributed by atoms with Crippen molar-refractivity contribution in [3.8, 4) is 5.75 Å². The molecule has 1 aromatic carbocycles. The molecule has 0 saturated carbocycles. The third-order valence-electron chi connectivity index (χ3n) is 7.28. The van der Waals surface area contributed by atoms with Crippen molar-refractivity contribution >= 4 is 17.5 Å². The number of allylic oxidation sites excluding steroid dienone is 1. The molecule has 3 aliphatic carbocycles. The molecule has 0 fully saturated rings. The number of nitrogens with zero attached hydrogens (tertiary/aromatic N) is 1. The predicted octanol–water partition coefficient (Wildman–Crippen LogP) is -0.00380. The van der Waals surface area contributed by atoms with E-state index >= 15 is 0 Å². The van der Waals surface area contributed by atoms with Gasteiger partial charge in [-0.25, -0.2) is 0 Å². The second-order valence-electron chi connectivity index (χ2n) is 9.12. The van der Waals surface area contributed by atoms with E-state index in [1.807, 2.05) is 0 Å². The monoisotopic (exact) mass is 457 g/mol. The van der Waals surface area contributed by atoms with Gasteiger partial charge in [-0.2, -0.15) is 0 Å². The van der Waals surface area contributed by atoms with Gasteiger partial charge in [-0.3, -0.25) is 19.3 Å². The number of likely N-dealkylation sites (N-methyl/N-ethyl adjacent to an activating group) is 1. The zero-order valence-electron chi connectivity index (χ0n) is 18.4. The lowest BCUT2D eigenvalue weighted by atomic mass is 9.56. The Morgan fingerprint density at radius 3 is 2.30 bits per heavy atom. The molecule has 0 saturated heterocycles. The summed E-state index contributed by atoms with van der Waals surface area (Å²) in [6, 6.07) is 1.92. The quantitative estimate of drug-likeness (QED) is 0.339. The van der Waals surface area contributed by atoms with Crippen LogP contribution in [0.1, 0.15) is 34.3 Å². The minimum Gasteiger partial charge on any atom is -0.511 e. The van der Waals surface area contributed by atoms with Crippen LogP contribution in [0.2, 0.25) is 0 Å². The Morgan fingerprint density at radius 1 is 1.12 bits per heavy atom. The van der Waals surface area contributed by atoms with Gasteiger partial charge >= 0.3 is 0 Å². The fourth-order valence-corrected chi connectivity index (χ4v) is 5.96. The van der Waals surface area contributed by atoms with Gasteiger partial charge in [0, 0.05) is 24.0 Å². The average Bonchev–Trinajstić information content (AvgIpc) is 2.73. The van der Waals surface area contributed by atoms with Gasteiger partial charge in [-0.15, -0.1) is 0 Å². The van der Waals surface area contributed by atoms with Crippen LogP contribution < -0.4 is 11.5 Å². The highest BCUT2D eigenvalue weighted by atomic mass is 16.3. The Bertz CT molecular complexity index is 1150. The number of hydrogen-bond donors (Lipinski definition) is 6. The molecule has 0 aromatic heterocycles. The number of aliphatic hydroxyl groups excluding tert-OH is 3. The summed E-state index contributed by atoms with van der Waals surface area (Å²) in [5.74, 6) is -8.32. The summed E-state index contributed by atoms with van der Waals surface area (Å²) in [7, 11) is 3.18. The molecule has 0 bridgehead atoms. The summed E-state index contributed by atoms with van der Waals surface area (Å²) in [6.45, 7) is 1.83. The van der Waals surface area contributed by atoms with Crippen LogP contribution in [0.15, 0.2) is 34.8 Å². The van der Waals surface area contributed by atoms with E-state index in [2.05, 4.69) is 0 Å². The molecule has 10 heteroatoms. The first-order valence-electron chi connectivity index (χ1n) is 10.6. The molecule has 6 atom stereocenters. The van der Waals surface area contributed by atoms with Gasteiger partial charge in [-0.1, -0.05) is 13.0 Å². The molecule has 0 aliphatic heterocycles. The van der Waals surface area contributed by atoms with Gasteiger partial charge in [0.2, 0.25) is 0 Å². The van der Waals surface area contributed by atoms with Crippen molar-refractivity contribution in [2.75, 3.05) is 14.1 Å². The number of aromatic hydroxyl groups is 1. The second-order valence-corrected chi connectivity index (χ2v) is 9.12. The highest BCUT2D eigenvalue weighted by Crippen LogP contribution is 2.54. The van der Waals surface area contributed by atoms with Gasteiger partial charge in [0.15, 0.2) is 11.6 Å². The lowest BCUT2D eigenvalue weighted by molar-refractivity contribution is -0.131. The number of primary amides is 1. The molecule has 3 aliphatic rings. The molecule has 0 heterocycles. The molecular weight excluding hydrogens is 430 g/mol. The third kappa shape index (κ3) is 2.94. The molecule has 10 nitrogen and oxygen atoms in total. The van der Waals surface area contributed by atoms with E-state index in [-0.39, 0.29) is 23.4 Å². The van der Waals surface area contributed by atoms with Crippen molar-refractivity contribution in [3.63, 3.8) is 0 Å². The summed E-state index contributed by atoms with van der Waals surface area (Å²) in [4.78, 5) is 40.2. The Morgan fingerprint density at radius 2 is 1.76 bits per heavy atom. The second kappa shape index (κ2) is 7.68. The number of rotatable bonds is 3. The largest absolute Gasteiger partial charge is 0.511 e. The van der Waals surface area contributed by atoms with Crippen molar-refractivity contribution in [3.05, 3.63) is 51.5 Å². The number of carbonyl (C=O) groups is 3. The number of carbonyl (C=O) groups excluding carboxylic acids is 3. The average molecular weight is 457 g/mol. The van der Waals surface area contributed by atoms with E-state index < -0.39 is 70.4 Å². The van der Waals surface area contributed by atoms with Crippen molar-refractivity contribution in [2.24, 2.45) is 29.2 Å². The number of nitrogens with two attached hydrogens (primary N) is 2. The highest BCUT2D eigenvalue weighted by molar-refractivity contribution is 6.22. The van der Waals surface area contributed by atoms with Gasteiger partial charge < -0.3 is 31.9 Å². The van der Waals surface area contributed by atoms with Crippen molar-refractivity contribution in [2.45, 2.75) is 31.5 Å². The van der Waals surface area contributed by atoms with E-state index in [0.717, 1.165) is 0 Å². The van der Waals surface area contributed by atoms with E-state index in [1.165, 1.54) is 11.0 Å². The van der Waals surface area contributed by atoms with Crippen LogP contribution in [-0.2, 0) is 16.1 Å². The molecule has 3 unspecified atom stereocenters. The molecule has 1 amide bonds. The van der Waals surface area contributed by atoms with Crippen LogP contribution >= 0.6 is 0 Å². The normalized spacial score (nSPS) is 31.5. The van der Waals surface area contributed by atoms with Crippen molar-refractivity contribution < 1.29 is 34.8 Å². The highest BCUT2D eigenvalue weighted by Gasteiger charge is 2.59. The first kappa shape index (κ1) is 23.0. The molecule has 4 rings (SSSR count). The van der Waals surface area contributed by atoms with Gasteiger partial charge in [0.1, 0.15) is 22.8 Å². The first-order valence-corrected chi connectivity index (χ1v) is 10.6. The fourth-order valence-electron chi connectivity index (χ4n) is 5.96. The number of aliphatic hydroxyl groups is 3. The Kier molecular flexibility index (Phi) is 5.35. The molecule has 1 aromatic rings. The summed E-state index contributed by atoms with van der Waals surface area (Å²) < 4.78 is 0. The Labute approximate surface area is 189 Å². The number of benzene rings is 1. The molecule has 0 radical (unpaired) electrons. The smallest absolute Gasteiger partial charge is 0.255 e. The summed E-state index contributed by atoms with van der Waals surface area (Å²) in [6.07, 6.45) is -1.35. The van der Waals surface area contributed by atoms with Gasteiger partial charge in [-0.05, 0) is 37.2 Å². The lowest BCUT2D eigenvalue weighted by Crippen LogP contribution is -2.59. The maximum absolute atomic E-state index is 13.5. The zero-order valence-corrected chi connectivity index (χ0v) is 18.4. The van der Waals surface area contributed by atoms with Crippen LogP contribution in [0.25, 0.3) is 0 Å². The maximum atomic E-state index is 13.5. The maximum Gasteiger partial charge on any atom is 0.255 e. The van der Waals surface area contributed by atoms with Crippen LogP contribution in [-0.4, -0.2) is 69.0 Å². The number of amides is 1. The fraction of sp³-hybridized carbons (Fsp3) is 0.435. The molecule has 176 valence electrons. The number of Topliss-reactive ketones (excluding diaryl/α,β-unsaturated/α-hetero) is 2. The number of ketones is 2. The van der Waals surface area contributed by atoms with Crippen LogP contribution in [0.3, 0.4) is 0 Å². The third-order valence-corrected chi connectivity index (χ3v) is 7.28. The van der Waals surface area contributed by atoms with Crippen LogP contribution in [0, 0.1) is 17.8 Å². The van der Waals surface area contributed by atoms with Crippen molar-refractivity contribution in [1.29, 1.82) is 0 Å². The number of hydrogen-bond acceptors (Lipinski definition) is 9. The number of phenols is 1. The standard InChI is InChI=1S/C23H27N3O7/c1-7-10-8(6-24)4-5-9(27)12(10)19(29)14-11(7)18(28)13-15(20(14)30)21(31)16(23(25)33)22(32)17(13)26(2)3/h4-5,7,11,13,15,17-18,27-28,30,32H,6,24H2,1-3H3,(H2,25,33)/t7-,11?,13?,15?,17-,18-/m0/s1. The predicted molar refractivity (Wildman–Crippen MR) is 116 cm³/mol. The first-order chi connectivity index (χ1) is 15.4. The van der Waals surface area contributed by atoms with Gasteiger partial charge in [0.25, 0.3) is 5.91 Å². The van der Waals surface area contributed by atoms with Crippen molar-refractivity contribution in [1.82, 2.24) is 4.90 Å². The number of fused-ring (bicyclic) bond motifs is 3. The zero-order chi connectivity index (χ0) is 24.5. The lowest BCUT2D eigenvalue weighted by Gasteiger charge is -2.50. The van der Waals surface area contributed by atoms with E-state index in [1.54, 1.807) is 27.1 Å². The van der Waals surface area contributed by atoms with E-state index in [9.17, 15) is 34.8 Å². The van der Waals surface area contributed by atoms with Gasteiger partial charge in [0.05, 0.1) is 23.6 Å². The molecule has 0 spiro atoms. The van der Waals surface area contributed by atoms with Crippen LogP contribution in [0.4, 0.5) is 0 Å². The summed E-state index contributed by atoms with van der Waals surface area (Å²) >= 11 is 0. The Hall–Kier alpha value is -3.21. The minimum absolute atomic E-state index is 0.0326. The molecule has 8 N–H and O–H groups in total. The van der Waals surface area contributed by atoms with E-state index in [4.69, 9.17) is 11.5 Å². The topological polar surface area (TPSA) is 187 Å². The molecule has 33 heavy (non-hydrogen) atoms. The summed E-state index contributed by atoms with van der Waals surface area (Å²) in [5, 5.41) is 44.0. The molecular formula is C23H27N3O7. The van der Waals surface area contributed by atoms with Crippen LogP contribution in [0.5, 0.6) is 5.75 Å². The SMILES string of the molecule is C[C@H]1c2c(CN)ccc(O)c2C(=O)C2=C(O)C3C(=O)C(C(N)=O)=C(O)[C@@H](N(C)C)C3[C@@H](O)C21. The summed E-state index contributed by atoms with van der Waals surface area (Å²) in [5.41, 5.74) is 11.4. The minimum atomic E-state index is -1.46.